The summed E-state index contributed by atoms with van der Waals surface area (Å²) in [6.45, 7) is 1.86. The number of halogens is 1. The first-order valence-electron chi connectivity index (χ1n) is 5.03. The van der Waals surface area contributed by atoms with Crippen LogP contribution in [0.15, 0.2) is 39.0 Å². The summed E-state index contributed by atoms with van der Waals surface area (Å²) in [6, 6.07) is 8.28. The third-order valence-electron chi connectivity index (χ3n) is 2.22. The molecule has 0 aliphatic rings. The minimum atomic E-state index is -3.53. The minimum absolute atomic E-state index is 0.295. The number of benzene rings is 1. The first-order chi connectivity index (χ1) is 8.38. The van der Waals surface area contributed by atoms with E-state index >= 15 is 0 Å². The standard InChI is InChI=1S/C11H11BrN2O2S2/c1-7-2-5-11(17-7)18(15,16)14-10-4-3-8(13)6-9(10)12/h2-6,14H,13H2,1H3. The number of thiophene rings is 1. The SMILES string of the molecule is Cc1ccc(S(=O)(=O)Nc2ccc(N)cc2Br)s1. The molecule has 0 amide bonds. The molecule has 0 bridgehead atoms. The van der Waals surface area contributed by atoms with Gasteiger partial charge in [0, 0.05) is 15.0 Å². The third-order valence-corrected chi connectivity index (χ3v) is 5.73. The zero-order valence-corrected chi connectivity index (χ0v) is 12.7. The molecule has 96 valence electrons. The molecule has 18 heavy (non-hydrogen) atoms. The van der Waals surface area contributed by atoms with Crippen LogP contribution in [0.1, 0.15) is 4.88 Å². The summed E-state index contributed by atoms with van der Waals surface area (Å²) in [6.07, 6.45) is 0. The lowest BCUT2D eigenvalue weighted by Crippen LogP contribution is -2.11. The first-order valence-corrected chi connectivity index (χ1v) is 8.12. The van der Waals surface area contributed by atoms with Crippen LogP contribution in [0.4, 0.5) is 11.4 Å². The first kappa shape index (κ1) is 13.4. The fourth-order valence-electron chi connectivity index (χ4n) is 1.37. The van der Waals surface area contributed by atoms with Crippen LogP contribution in [0.5, 0.6) is 0 Å². The van der Waals surface area contributed by atoms with E-state index in [1.807, 2.05) is 6.92 Å². The molecule has 0 saturated carbocycles. The Morgan fingerprint density at radius 2 is 2.00 bits per heavy atom. The van der Waals surface area contributed by atoms with Gasteiger partial charge in [-0.2, -0.15) is 0 Å². The minimum Gasteiger partial charge on any atom is -0.399 e. The fraction of sp³-hybridized carbons (Fsp3) is 0.0909. The predicted molar refractivity (Wildman–Crippen MR) is 78.4 cm³/mol. The molecule has 7 heteroatoms. The van der Waals surface area contributed by atoms with Crippen LogP contribution in [0.25, 0.3) is 0 Å². The van der Waals surface area contributed by atoms with Crippen molar-refractivity contribution in [1.82, 2.24) is 0 Å². The van der Waals surface area contributed by atoms with Crippen molar-refractivity contribution < 1.29 is 8.42 Å². The molecule has 1 aromatic heterocycles. The molecule has 2 rings (SSSR count). The van der Waals surface area contributed by atoms with Crippen molar-refractivity contribution in [2.24, 2.45) is 0 Å². The Morgan fingerprint density at radius 3 is 2.56 bits per heavy atom. The highest BCUT2D eigenvalue weighted by Crippen LogP contribution is 2.28. The lowest BCUT2D eigenvalue weighted by Gasteiger charge is -2.08. The van der Waals surface area contributed by atoms with E-state index in [0.29, 0.717) is 20.1 Å². The van der Waals surface area contributed by atoms with E-state index in [0.717, 1.165) is 4.88 Å². The van der Waals surface area contributed by atoms with Gasteiger partial charge in [0.25, 0.3) is 10.0 Å². The fourth-order valence-corrected chi connectivity index (χ4v) is 4.36. The van der Waals surface area contributed by atoms with Gasteiger partial charge in [0.1, 0.15) is 4.21 Å². The maximum absolute atomic E-state index is 12.1. The Hall–Kier alpha value is -1.05. The number of anilines is 2. The van der Waals surface area contributed by atoms with Crippen molar-refractivity contribution >= 4 is 48.7 Å². The Morgan fingerprint density at radius 1 is 1.28 bits per heavy atom. The van der Waals surface area contributed by atoms with Gasteiger partial charge in [0.2, 0.25) is 0 Å². The van der Waals surface area contributed by atoms with Crippen molar-refractivity contribution in [3.63, 3.8) is 0 Å². The molecule has 0 aliphatic carbocycles. The van der Waals surface area contributed by atoms with E-state index in [1.165, 1.54) is 11.3 Å². The summed E-state index contributed by atoms with van der Waals surface area (Å²) >= 11 is 4.51. The highest BCUT2D eigenvalue weighted by molar-refractivity contribution is 9.10. The Balaban J connectivity index is 2.33. The average molecular weight is 347 g/mol. The zero-order chi connectivity index (χ0) is 13.3. The van der Waals surface area contributed by atoms with E-state index in [9.17, 15) is 8.42 Å². The molecule has 0 unspecified atom stereocenters. The van der Waals surface area contributed by atoms with Gasteiger partial charge in [0.05, 0.1) is 5.69 Å². The quantitative estimate of drug-likeness (QED) is 0.838. The molecular formula is C11H11BrN2O2S2. The van der Waals surface area contributed by atoms with Crippen molar-refractivity contribution in [3.05, 3.63) is 39.7 Å². The lowest BCUT2D eigenvalue weighted by molar-refractivity contribution is 0.603. The van der Waals surface area contributed by atoms with Crippen LogP contribution in [0.3, 0.4) is 0 Å². The molecule has 0 radical (unpaired) electrons. The van der Waals surface area contributed by atoms with Crippen molar-refractivity contribution in [3.8, 4) is 0 Å². The summed E-state index contributed by atoms with van der Waals surface area (Å²) in [5, 5.41) is 0. The number of nitrogens with one attached hydrogen (secondary N) is 1. The second kappa shape index (κ2) is 4.91. The monoisotopic (exact) mass is 346 g/mol. The second-order valence-electron chi connectivity index (χ2n) is 3.71. The van der Waals surface area contributed by atoms with Crippen molar-refractivity contribution in [2.75, 3.05) is 10.5 Å². The number of nitrogen functional groups attached to an aromatic ring is 1. The van der Waals surface area contributed by atoms with Crippen LogP contribution in [-0.2, 0) is 10.0 Å². The molecule has 0 saturated heterocycles. The van der Waals surface area contributed by atoms with Gasteiger partial charge >= 0.3 is 0 Å². The number of aryl methyl sites for hydroxylation is 1. The van der Waals surface area contributed by atoms with Crippen LogP contribution in [0, 0.1) is 6.92 Å². The van der Waals surface area contributed by atoms with Gasteiger partial charge in [0.15, 0.2) is 0 Å². The molecule has 4 nitrogen and oxygen atoms in total. The highest BCUT2D eigenvalue weighted by atomic mass is 79.9. The topological polar surface area (TPSA) is 72.2 Å². The summed E-state index contributed by atoms with van der Waals surface area (Å²) in [4.78, 5) is 0.951. The normalized spacial score (nSPS) is 11.4. The second-order valence-corrected chi connectivity index (χ2v) is 7.76. The molecular weight excluding hydrogens is 336 g/mol. The largest absolute Gasteiger partial charge is 0.399 e. The summed E-state index contributed by atoms with van der Waals surface area (Å²) < 4.78 is 27.6. The van der Waals surface area contributed by atoms with Crippen LogP contribution >= 0.6 is 27.3 Å². The molecule has 0 aliphatic heterocycles. The van der Waals surface area contributed by atoms with Gasteiger partial charge in [-0.3, -0.25) is 4.72 Å². The number of hydrogen-bond acceptors (Lipinski definition) is 4. The molecule has 0 atom stereocenters. The Labute approximate surface area is 118 Å². The lowest BCUT2D eigenvalue weighted by atomic mass is 10.3. The molecule has 0 fully saturated rings. The van der Waals surface area contributed by atoms with E-state index in [-0.39, 0.29) is 0 Å². The summed E-state index contributed by atoms with van der Waals surface area (Å²) in [5.41, 5.74) is 6.63. The highest BCUT2D eigenvalue weighted by Gasteiger charge is 2.17. The summed E-state index contributed by atoms with van der Waals surface area (Å²) in [7, 11) is -3.53. The van der Waals surface area contributed by atoms with E-state index in [1.54, 1.807) is 30.3 Å². The molecule has 1 heterocycles. The average Bonchev–Trinajstić information content (AvgIpc) is 2.70. The van der Waals surface area contributed by atoms with Crippen LogP contribution in [0.2, 0.25) is 0 Å². The molecule has 3 N–H and O–H groups in total. The molecule has 2 aromatic rings. The van der Waals surface area contributed by atoms with Gasteiger partial charge in [-0.15, -0.1) is 11.3 Å². The third kappa shape index (κ3) is 2.85. The maximum Gasteiger partial charge on any atom is 0.271 e. The predicted octanol–water partition coefficient (Wildman–Crippen LogP) is 3.20. The van der Waals surface area contributed by atoms with Gasteiger partial charge in [-0.1, -0.05) is 0 Å². The van der Waals surface area contributed by atoms with Crippen LogP contribution < -0.4 is 10.5 Å². The zero-order valence-electron chi connectivity index (χ0n) is 9.48. The Kier molecular flexibility index (Phi) is 3.65. The smallest absolute Gasteiger partial charge is 0.271 e. The van der Waals surface area contributed by atoms with Gasteiger partial charge in [-0.05, 0) is 53.2 Å². The maximum atomic E-state index is 12.1. The van der Waals surface area contributed by atoms with Crippen LogP contribution in [-0.4, -0.2) is 8.42 Å². The van der Waals surface area contributed by atoms with E-state index in [4.69, 9.17) is 5.73 Å². The Bertz CT molecular complexity index is 680. The van der Waals surface area contributed by atoms with Crippen molar-refractivity contribution in [2.45, 2.75) is 11.1 Å². The van der Waals surface area contributed by atoms with Crippen molar-refractivity contribution in [1.29, 1.82) is 0 Å². The van der Waals surface area contributed by atoms with Gasteiger partial charge in [-0.25, -0.2) is 8.42 Å². The summed E-state index contributed by atoms with van der Waals surface area (Å²) in [5.74, 6) is 0. The van der Waals surface area contributed by atoms with E-state index < -0.39 is 10.0 Å². The number of sulfonamides is 1. The molecule has 0 spiro atoms. The van der Waals surface area contributed by atoms with Gasteiger partial charge < -0.3 is 5.73 Å². The number of nitrogens with two attached hydrogens (primary N) is 1. The van der Waals surface area contributed by atoms with E-state index in [2.05, 4.69) is 20.7 Å². The number of hydrogen-bond donors (Lipinski definition) is 2. The number of rotatable bonds is 3. The molecule has 1 aromatic carbocycles.